The highest BCUT2D eigenvalue weighted by Crippen LogP contribution is 2.33. The minimum absolute atomic E-state index is 0.0395. The van der Waals surface area contributed by atoms with Gasteiger partial charge < -0.3 is 15.7 Å². The SMILES string of the molecule is CC(C)C(CC(=O)O)NC(=O)NC1CCCc2sccc21. The molecule has 6 heteroatoms. The zero-order valence-electron chi connectivity index (χ0n) is 12.4. The summed E-state index contributed by atoms with van der Waals surface area (Å²) in [6.07, 6.45) is 3.03. The van der Waals surface area contributed by atoms with Gasteiger partial charge in [0.25, 0.3) is 0 Å². The summed E-state index contributed by atoms with van der Waals surface area (Å²) in [7, 11) is 0. The number of urea groups is 1. The van der Waals surface area contributed by atoms with Crippen molar-refractivity contribution in [2.24, 2.45) is 5.92 Å². The van der Waals surface area contributed by atoms with Crippen molar-refractivity contribution >= 4 is 23.3 Å². The Kier molecular flexibility index (Phi) is 5.22. The molecule has 3 N–H and O–H groups in total. The van der Waals surface area contributed by atoms with Crippen LogP contribution < -0.4 is 10.6 Å². The number of thiophene rings is 1. The van der Waals surface area contributed by atoms with Crippen molar-refractivity contribution in [3.8, 4) is 0 Å². The van der Waals surface area contributed by atoms with Gasteiger partial charge in [-0.25, -0.2) is 4.79 Å². The number of aryl methyl sites for hydroxylation is 1. The van der Waals surface area contributed by atoms with Gasteiger partial charge in [0.2, 0.25) is 0 Å². The van der Waals surface area contributed by atoms with Crippen LogP contribution in [0, 0.1) is 5.92 Å². The Labute approximate surface area is 128 Å². The van der Waals surface area contributed by atoms with Gasteiger partial charge in [0.05, 0.1) is 12.5 Å². The van der Waals surface area contributed by atoms with E-state index in [9.17, 15) is 9.59 Å². The fourth-order valence-corrected chi connectivity index (χ4v) is 3.63. The third kappa shape index (κ3) is 4.20. The molecule has 0 fully saturated rings. The Hall–Kier alpha value is -1.56. The van der Waals surface area contributed by atoms with E-state index in [0.29, 0.717) is 0 Å². The fraction of sp³-hybridized carbons (Fsp3) is 0.600. The van der Waals surface area contributed by atoms with Gasteiger partial charge in [0.15, 0.2) is 0 Å². The van der Waals surface area contributed by atoms with Crippen LogP contribution in [0.15, 0.2) is 11.4 Å². The van der Waals surface area contributed by atoms with Gasteiger partial charge in [0.1, 0.15) is 0 Å². The van der Waals surface area contributed by atoms with E-state index in [1.54, 1.807) is 11.3 Å². The van der Waals surface area contributed by atoms with E-state index in [1.165, 1.54) is 10.4 Å². The Morgan fingerprint density at radius 1 is 1.48 bits per heavy atom. The summed E-state index contributed by atoms with van der Waals surface area (Å²) < 4.78 is 0. The largest absolute Gasteiger partial charge is 0.481 e. The van der Waals surface area contributed by atoms with Gasteiger partial charge in [-0.05, 0) is 42.2 Å². The minimum Gasteiger partial charge on any atom is -0.481 e. The summed E-state index contributed by atoms with van der Waals surface area (Å²) >= 11 is 1.73. The molecule has 0 saturated heterocycles. The summed E-state index contributed by atoms with van der Waals surface area (Å²) in [6.45, 7) is 3.82. The molecular weight excluding hydrogens is 288 g/mol. The number of rotatable bonds is 5. The van der Waals surface area contributed by atoms with Crippen molar-refractivity contribution in [1.29, 1.82) is 0 Å². The quantitative estimate of drug-likeness (QED) is 0.782. The second kappa shape index (κ2) is 6.93. The number of carboxylic acid groups (broad SMARTS) is 1. The lowest BCUT2D eigenvalue weighted by atomic mass is 9.94. The van der Waals surface area contributed by atoms with E-state index in [0.717, 1.165) is 19.3 Å². The van der Waals surface area contributed by atoms with Gasteiger partial charge in [-0.2, -0.15) is 0 Å². The molecule has 1 aromatic heterocycles. The first-order chi connectivity index (χ1) is 9.97. The second-order valence-electron chi connectivity index (χ2n) is 5.81. The molecule has 1 aromatic rings. The number of aliphatic carboxylic acids is 1. The van der Waals surface area contributed by atoms with Crippen molar-refractivity contribution < 1.29 is 14.7 Å². The fourth-order valence-electron chi connectivity index (χ4n) is 2.65. The third-order valence-corrected chi connectivity index (χ3v) is 4.87. The van der Waals surface area contributed by atoms with E-state index >= 15 is 0 Å². The van der Waals surface area contributed by atoms with Gasteiger partial charge >= 0.3 is 12.0 Å². The van der Waals surface area contributed by atoms with E-state index < -0.39 is 5.97 Å². The molecule has 1 aliphatic rings. The number of fused-ring (bicyclic) bond motifs is 1. The monoisotopic (exact) mass is 310 g/mol. The third-order valence-electron chi connectivity index (χ3n) is 3.87. The van der Waals surface area contributed by atoms with E-state index in [4.69, 9.17) is 5.11 Å². The summed E-state index contributed by atoms with van der Waals surface area (Å²) in [6, 6.07) is 1.48. The maximum atomic E-state index is 12.1. The molecule has 116 valence electrons. The van der Waals surface area contributed by atoms with Crippen LogP contribution in [0.2, 0.25) is 0 Å². The molecule has 1 aliphatic carbocycles. The number of carbonyl (C=O) groups excluding carboxylic acids is 1. The lowest BCUT2D eigenvalue weighted by molar-refractivity contribution is -0.137. The number of carbonyl (C=O) groups is 2. The molecule has 0 radical (unpaired) electrons. The molecule has 2 unspecified atom stereocenters. The van der Waals surface area contributed by atoms with Crippen molar-refractivity contribution in [3.05, 3.63) is 21.9 Å². The smallest absolute Gasteiger partial charge is 0.315 e. The van der Waals surface area contributed by atoms with Gasteiger partial charge in [-0.3, -0.25) is 4.79 Å². The van der Waals surface area contributed by atoms with Gasteiger partial charge in [-0.15, -0.1) is 11.3 Å². The highest BCUT2D eigenvalue weighted by Gasteiger charge is 2.25. The number of hydrogen-bond acceptors (Lipinski definition) is 3. The molecule has 0 spiro atoms. The lowest BCUT2D eigenvalue weighted by Crippen LogP contribution is -2.46. The molecule has 0 bridgehead atoms. The van der Waals surface area contributed by atoms with Gasteiger partial charge in [0, 0.05) is 10.9 Å². The Bertz CT molecular complexity index is 513. The Morgan fingerprint density at radius 3 is 2.90 bits per heavy atom. The molecule has 21 heavy (non-hydrogen) atoms. The number of amides is 2. The average Bonchev–Trinajstić information content (AvgIpc) is 2.86. The molecule has 1 heterocycles. The van der Waals surface area contributed by atoms with E-state index in [-0.39, 0.29) is 30.5 Å². The van der Waals surface area contributed by atoms with Crippen LogP contribution in [0.5, 0.6) is 0 Å². The van der Waals surface area contributed by atoms with E-state index in [2.05, 4.69) is 22.1 Å². The summed E-state index contributed by atoms with van der Waals surface area (Å²) in [5.74, 6) is -0.818. The zero-order valence-corrected chi connectivity index (χ0v) is 13.2. The van der Waals surface area contributed by atoms with Crippen molar-refractivity contribution in [2.45, 2.75) is 51.6 Å². The molecule has 0 saturated carbocycles. The predicted molar refractivity (Wildman–Crippen MR) is 82.5 cm³/mol. The van der Waals surface area contributed by atoms with Crippen LogP contribution in [0.4, 0.5) is 4.79 Å². The first-order valence-electron chi connectivity index (χ1n) is 7.32. The first-order valence-corrected chi connectivity index (χ1v) is 8.20. The highest BCUT2D eigenvalue weighted by atomic mass is 32.1. The van der Waals surface area contributed by atoms with Crippen molar-refractivity contribution in [1.82, 2.24) is 10.6 Å². The Morgan fingerprint density at radius 2 is 2.24 bits per heavy atom. The van der Waals surface area contributed by atoms with Crippen LogP contribution in [-0.4, -0.2) is 23.1 Å². The number of carboxylic acids is 1. The van der Waals surface area contributed by atoms with Crippen LogP contribution >= 0.6 is 11.3 Å². The molecule has 2 atom stereocenters. The Balaban J connectivity index is 1.94. The van der Waals surface area contributed by atoms with Crippen molar-refractivity contribution in [2.75, 3.05) is 0 Å². The standard InChI is InChI=1S/C15H22N2O3S/c1-9(2)12(8-14(18)19)17-15(20)16-11-4-3-5-13-10(11)6-7-21-13/h6-7,9,11-12H,3-5,8H2,1-2H3,(H,18,19)(H2,16,17,20). The number of nitrogens with one attached hydrogen (secondary N) is 2. The zero-order chi connectivity index (χ0) is 15.4. The normalized spacial score (nSPS) is 18.9. The van der Waals surface area contributed by atoms with Crippen LogP contribution in [0.1, 0.15) is 49.6 Å². The summed E-state index contributed by atoms with van der Waals surface area (Å²) in [4.78, 5) is 24.3. The van der Waals surface area contributed by atoms with Crippen LogP contribution in [-0.2, 0) is 11.2 Å². The first kappa shape index (κ1) is 15.8. The van der Waals surface area contributed by atoms with Crippen LogP contribution in [0.3, 0.4) is 0 Å². The topological polar surface area (TPSA) is 78.4 Å². The predicted octanol–water partition coefficient (Wildman–Crippen LogP) is 2.92. The van der Waals surface area contributed by atoms with E-state index in [1.807, 2.05) is 13.8 Å². The molecule has 2 amide bonds. The van der Waals surface area contributed by atoms with Gasteiger partial charge in [-0.1, -0.05) is 13.8 Å². The summed E-state index contributed by atoms with van der Waals surface area (Å²) in [5.41, 5.74) is 1.21. The number of hydrogen-bond donors (Lipinski definition) is 3. The lowest BCUT2D eigenvalue weighted by Gasteiger charge is -2.26. The molecule has 0 aliphatic heterocycles. The van der Waals surface area contributed by atoms with Crippen molar-refractivity contribution in [3.63, 3.8) is 0 Å². The molecule has 0 aromatic carbocycles. The maximum absolute atomic E-state index is 12.1. The van der Waals surface area contributed by atoms with Crippen LogP contribution in [0.25, 0.3) is 0 Å². The molecule has 5 nitrogen and oxygen atoms in total. The highest BCUT2D eigenvalue weighted by molar-refractivity contribution is 7.10. The molecule has 2 rings (SSSR count). The maximum Gasteiger partial charge on any atom is 0.315 e. The molecular formula is C15H22N2O3S. The second-order valence-corrected chi connectivity index (χ2v) is 6.81. The average molecular weight is 310 g/mol. The summed E-state index contributed by atoms with van der Waals surface area (Å²) in [5, 5.41) is 16.7. The minimum atomic E-state index is -0.896.